The van der Waals surface area contributed by atoms with Crippen molar-refractivity contribution in [2.75, 3.05) is 13.6 Å². The number of hydrogen-bond donors (Lipinski definition) is 1. The number of aromatic nitrogens is 1. The minimum absolute atomic E-state index is 0. The molecule has 1 aromatic heterocycles. The van der Waals surface area contributed by atoms with Gasteiger partial charge in [-0.15, -0.1) is 23.7 Å². The van der Waals surface area contributed by atoms with E-state index in [4.69, 9.17) is 353 Å². The molecule has 0 atom stereocenters. The maximum absolute atomic E-state index is 10.6. The van der Waals surface area contributed by atoms with E-state index in [-0.39, 0.29) is 17.4 Å². The third-order valence-corrected chi connectivity index (χ3v) is 3.18. The first-order valence-corrected chi connectivity index (χ1v) is 10.3. The molecule has 0 radical (unpaired) electrons. The van der Waals surface area contributed by atoms with Crippen LogP contribution in [0.3, 0.4) is 0 Å². The molecule has 610 valence electrons. The van der Waals surface area contributed by atoms with Crippen LogP contribution in [0, 0.1) is 0 Å². The Labute approximate surface area is 441 Å². The van der Waals surface area contributed by atoms with E-state index in [1.54, 1.807) is 0 Å². The largest absolute Gasteiger partial charge is 0.476 e. The Morgan fingerprint density at radius 2 is 0.389 bits per heavy atom. The lowest BCUT2D eigenvalue weighted by Crippen LogP contribution is -2.25. The van der Waals surface area contributed by atoms with Crippen LogP contribution >= 0.6 is 23.7 Å². The fourth-order valence-electron chi connectivity index (χ4n) is 1.41. The van der Waals surface area contributed by atoms with Crippen LogP contribution in [0.25, 0.3) is 0 Å². The molecule has 2 heterocycles. The number of rotatable bonds is 1. The van der Waals surface area contributed by atoms with Gasteiger partial charge in [0.15, 0.2) is 0 Å². The van der Waals surface area contributed by atoms with Crippen molar-refractivity contribution in [2.24, 2.45) is 0 Å². The number of hydrogen-bond acceptors (Lipinski definition) is 4. The molecule has 4 nitrogen and oxygen atoms in total. The van der Waals surface area contributed by atoms with Gasteiger partial charge in [0.25, 0.3) is 0 Å². The Balaban J connectivity index is -0.00000000886. The van der Waals surface area contributed by atoms with Crippen molar-refractivity contribution < 1.29 is 358 Å². The molecular formula is C8H11ClF76N2O2S. The van der Waals surface area contributed by atoms with E-state index in [0.29, 0.717) is 0 Å². The van der Waals surface area contributed by atoms with E-state index in [0.717, 1.165) is 30.1 Å². The summed E-state index contributed by atoms with van der Waals surface area (Å²) in [4.78, 5) is 18.0. The molecular weight excluding hydrogens is 1670 g/mol. The monoisotopic (exact) mass is 1680 g/mol. The summed E-state index contributed by atoms with van der Waals surface area (Å²) in [6.07, 6.45) is 0.871. The summed E-state index contributed by atoms with van der Waals surface area (Å²) >= 11 is 1.29. The van der Waals surface area contributed by atoms with Gasteiger partial charge >= 0.3 is 5.97 Å². The van der Waals surface area contributed by atoms with E-state index >= 15 is 0 Å². The lowest BCUT2D eigenvalue weighted by molar-refractivity contribution is 0.0696. The second-order valence-corrected chi connectivity index (χ2v) is 4.27. The molecule has 0 aromatic carbocycles. The van der Waals surface area contributed by atoms with E-state index in [1.165, 1.54) is 11.3 Å². The Kier molecular flexibility index (Phi) is 8620. The maximum Gasteiger partial charge on any atom is 0.365 e. The van der Waals surface area contributed by atoms with Crippen molar-refractivity contribution in [2.45, 2.75) is 13.0 Å². The Morgan fingerprint density at radius 1 is 0.278 bits per heavy atom. The number of fused-ring (bicyclic) bond motifs is 1. The van der Waals surface area contributed by atoms with Crippen LogP contribution < -0.4 is 0 Å². The molecule has 0 spiro atoms. The molecule has 0 fully saturated rings. The molecule has 0 saturated carbocycles. The van der Waals surface area contributed by atoms with Crippen molar-refractivity contribution >= 4 is 29.7 Å². The minimum atomic E-state index is -0.915. The number of thiazole rings is 1. The van der Waals surface area contributed by atoms with Crippen LogP contribution in [0.4, 0.5) is 348 Å². The standard InChI is InChI=1S/C8H10N2O2S.ClH.38F2/c1-10-3-2-5-6(4-10)13-7(9-5)8(11)12;;38*1-2/h2-4H2,1H3,(H,11,12);1H;;;;;;;;;;;;;;;;;;;;;;;;;;;;;;;;;;;;;;. The van der Waals surface area contributed by atoms with Crippen molar-refractivity contribution in [3.63, 3.8) is 0 Å². The van der Waals surface area contributed by atoms with Crippen LogP contribution in [0.2, 0.25) is 0 Å². The number of likely N-dealkylation sites (N-methyl/N-ethyl adjacent to an activating group) is 1. The van der Waals surface area contributed by atoms with Crippen LogP contribution in [0.1, 0.15) is 20.4 Å². The first kappa shape index (κ1) is 273. The van der Waals surface area contributed by atoms with Crippen molar-refractivity contribution in [3.8, 4) is 0 Å². The zero-order valence-corrected chi connectivity index (χ0v) is 38.0. The normalized spacial score (nSPS) is 4.99. The van der Waals surface area contributed by atoms with Crippen molar-refractivity contribution in [3.05, 3.63) is 15.6 Å². The van der Waals surface area contributed by atoms with Gasteiger partial charge in [0.1, 0.15) is 0 Å². The summed E-state index contributed by atoms with van der Waals surface area (Å²) in [5.74, 6) is -0.915. The molecule has 1 N–H and O–H groups in total. The number of carbonyl (C=O) groups is 1. The second-order valence-electron chi connectivity index (χ2n) is 3.18. The molecule has 0 amide bonds. The Hall–Kier alpha value is -5.97. The van der Waals surface area contributed by atoms with Gasteiger partial charge in [-0.25, -0.2) is 9.78 Å². The van der Waals surface area contributed by atoms with Gasteiger partial charge < -0.3 is 10.0 Å². The zero-order chi connectivity index (χ0) is 85.4. The maximum atomic E-state index is 10.6. The minimum Gasteiger partial charge on any atom is -0.476 e. The highest BCUT2D eigenvalue weighted by Gasteiger charge is 2.20. The van der Waals surface area contributed by atoms with Crippen LogP contribution in [0.5, 0.6) is 0 Å². The quantitative estimate of drug-likeness (QED) is 0.285. The first-order chi connectivity index (χ1) is 44.2. The van der Waals surface area contributed by atoms with Gasteiger partial charge in [0.05, 0.1) is 5.69 Å². The Bertz CT molecular complexity index is 409. The van der Waals surface area contributed by atoms with E-state index < -0.39 is 5.97 Å². The summed E-state index contributed by atoms with van der Waals surface area (Å²) < 4.78 is 608. The lowest BCUT2D eigenvalue weighted by Gasteiger charge is -2.20. The van der Waals surface area contributed by atoms with E-state index in [9.17, 15) is 4.79 Å². The number of carboxylic acid groups (broad SMARTS) is 1. The predicted octanol–water partition coefficient (Wildman–Crippen LogP) is 33.2. The van der Waals surface area contributed by atoms with Gasteiger partial charge in [-0.1, -0.05) is 0 Å². The highest BCUT2D eigenvalue weighted by Crippen LogP contribution is 2.24. The van der Waals surface area contributed by atoms with Gasteiger partial charge in [-0.05, 0) is 7.05 Å². The number of nitrogens with zero attached hydrogens (tertiary/aromatic N) is 2. The highest BCUT2D eigenvalue weighted by atomic mass is 35.5. The summed E-state index contributed by atoms with van der Waals surface area (Å²) in [7, 11) is 2.03. The third kappa shape index (κ3) is 1490. The lowest BCUT2D eigenvalue weighted by atomic mass is 10.2. The third-order valence-electron chi connectivity index (χ3n) is 2.11. The molecule has 1 aromatic rings. The summed E-state index contributed by atoms with van der Waals surface area (Å²) in [5, 5.41) is 8.96. The molecule has 82 heteroatoms. The molecule has 1 aliphatic rings. The summed E-state index contributed by atoms with van der Waals surface area (Å²) in [5.41, 5.74) is 0.973. The molecule has 1 aliphatic heterocycles. The zero-order valence-electron chi connectivity index (χ0n) is 36.4. The number of halogens is 77. The van der Waals surface area contributed by atoms with Gasteiger partial charge in [-0.2, -0.15) is 0 Å². The molecule has 0 saturated heterocycles. The average molecular weight is 1680 g/mol. The molecule has 0 bridgehead atoms. The van der Waals surface area contributed by atoms with E-state index in [2.05, 4.69) is 9.88 Å². The fourth-order valence-corrected chi connectivity index (χ4v) is 2.44. The number of carboxylic acids is 1. The summed E-state index contributed by atoms with van der Waals surface area (Å²) in [6.45, 7) is 1.80. The molecule has 2 rings (SSSR count). The number of aromatic carboxylic acids is 1. The highest BCUT2D eigenvalue weighted by molar-refractivity contribution is 7.13. The van der Waals surface area contributed by atoms with Crippen LogP contribution in [-0.2, 0) is 13.0 Å². The van der Waals surface area contributed by atoms with E-state index in [1.807, 2.05) is 7.05 Å². The molecule has 90 heavy (non-hydrogen) atoms. The molecule has 0 unspecified atom stereocenters. The smallest absolute Gasteiger partial charge is 0.365 e. The topological polar surface area (TPSA) is 53.4 Å². The van der Waals surface area contributed by atoms with Crippen LogP contribution in [0.15, 0.2) is 0 Å². The van der Waals surface area contributed by atoms with Crippen molar-refractivity contribution in [1.82, 2.24) is 9.88 Å². The second kappa shape index (κ2) is 2840. The molecule has 0 aliphatic carbocycles. The first-order valence-electron chi connectivity index (χ1n) is 9.50. The summed E-state index contributed by atoms with van der Waals surface area (Å²) in [6, 6.07) is 0. The van der Waals surface area contributed by atoms with Gasteiger partial charge in [-0.3, -0.25) is 0 Å². The predicted molar refractivity (Wildman–Crippen MR) is 141 cm³/mol. The Morgan fingerprint density at radius 3 is 0.489 bits per heavy atom. The van der Waals surface area contributed by atoms with Gasteiger partial charge in [0.2, 0.25) is 5.01 Å². The fraction of sp³-hybridized carbons (Fsp3) is 0.500. The van der Waals surface area contributed by atoms with Gasteiger partial charge in [0, 0.05) is 372 Å². The van der Waals surface area contributed by atoms with Crippen LogP contribution in [-0.4, -0.2) is 34.6 Å². The van der Waals surface area contributed by atoms with Crippen molar-refractivity contribution in [1.29, 1.82) is 0 Å². The average Bonchev–Trinajstić information content (AvgIpc) is 4.19. The SMILES string of the molecule is CN1CCc2nc(C(=O)O)sc2C1.Cl.FF.FF.FF.FF.FF.FF.FF.FF.FF.FF.FF.FF.FF.FF.FF.FF.FF.FF.FF.FF.FF.FF.FF.FF.FF.FF.FF.FF.FF.FF.FF.FF.FF.FF.FF.FF.FF.FF.